The van der Waals surface area contributed by atoms with Crippen molar-refractivity contribution in [1.29, 1.82) is 0 Å². The molecule has 0 aliphatic rings. The van der Waals surface area contributed by atoms with Crippen LogP contribution in [0.5, 0.6) is 0 Å². The van der Waals surface area contributed by atoms with Gasteiger partial charge in [-0.05, 0) is 66.4 Å². The van der Waals surface area contributed by atoms with Gasteiger partial charge in [0.25, 0.3) is 0 Å². The topological polar surface area (TPSA) is 78.9 Å². The summed E-state index contributed by atoms with van der Waals surface area (Å²) in [6, 6.07) is 9.65. The quantitative estimate of drug-likeness (QED) is 0.0456. The SMILES string of the molecule is CCCCCCCCCCCC(CCCCCCCCCCC(=O)OC(C)(C)C)(C(=O)OCc1ccccc1)C(=O)OC(C)(C)C. The minimum Gasteiger partial charge on any atom is -0.460 e. The average molecular weight is 645 g/mol. The molecule has 0 aliphatic heterocycles. The molecule has 1 aromatic rings. The molecule has 264 valence electrons. The van der Waals surface area contributed by atoms with Gasteiger partial charge in [0.2, 0.25) is 0 Å². The van der Waals surface area contributed by atoms with Gasteiger partial charge in [-0.25, -0.2) is 0 Å². The van der Waals surface area contributed by atoms with E-state index >= 15 is 0 Å². The zero-order chi connectivity index (χ0) is 34.3. The fraction of sp³-hybridized carbons (Fsp3) is 0.775. The van der Waals surface area contributed by atoms with Gasteiger partial charge in [0.1, 0.15) is 17.8 Å². The van der Waals surface area contributed by atoms with Crippen molar-refractivity contribution in [2.24, 2.45) is 5.41 Å². The highest BCUT2D eigenvalue weighted by atomic mass is 16.6. The molecule has 0 amide bonds. The van der Waals surface area contributed by atoms with Crippen LogP contribution in [0.4, 0.5) is 0 Å². The van der Waals surface area contributed by atoms with E-state index in [0.717, 1.165) is 76.2 Å². The molecule has 0 aliphatic carbocycles. The van der Waals surface area contributed by atoms with Crippen molar-refractivity contribution in [3.8, 4) is 0 Å². The van der Waals surface area contributed by atoms with Crippen LogP contribution in [0.2, 0.25) is 0 Å². The largest absolute Gasteiger partial charge is 0.460 e. The van der Waals surface area contributed by atoms with Crippen molar-refractivity contribution in [2.75, 3.05) is 0 Å². The highest BCUT2D eigenvalue weighted by Crippen LogP contribution is 2.37. The molecule has 0 saturated carbocycles. The predicted molar refractivity (Wildman–Crippen MR) is 188 cm³/mol. The summed E-state index contributed by atoms with van der Waals surface area (Å²) in [7, 11) is 0. The zero-order valence-corrected chi connectivity index (χ0v) is 30.7. The van der Waals surface area contributed by atoms with Gasteiger partial charge in [-0.1, -0.05) is 140 Å². The minimum absolute atomic E-state index is 0.120. The van der Waals surface area contributed by atoms with E-state index in [2.05, 4.69) is 6.92 Å². The summed E-state index contributed by atoms with van der Waals surface area (Å²) in [6.45, 7) is 13.6. The Balaban J connectivity index is 2.73. The summed E-state index contributed by atoms with van der Waals surface area (Å²) in [6.07, 6.45) is 19.9. The molecule has 1 unspecified atom stereocenters. The Morgan fingerprint density at radius 2 is 0.978 bits per heavy atom. The Bertz CT molecular complexity index is 958. The van der Waals surface area contributed by atoms with E-state index in [1.807, 2.05) is 71.9 Å². The molecular weight excluding hydrogens is 576 g/mol. The van der Waals surface area contributed by atoms with Crippen LogP contribution in [0.3, 0.4) is 0 Å². The number of carbonyl (C=O) groups excluding carboxylic acids is 3. The molecule has 0 aromatic heterocycles. The van der Waals surface area contributed by atoms with Gasteiger partial charge < -0.3 is 14.2 Å². The first-order valence-corrected chi connectivity index (χ1v) is 18.5. The smallest absolute Gasteiger partial charge is 0.324 e. The second-order valence-corrected chi connectivity index (χ2v) is 15.1. The molecule has 6 heteroatoms. The van der Waals surface area contributed by atoms with E-state index in [1.165, 1.54) is 38.5 Å². The highest BCUT2D eigenvalue weighted by molar-refractivity contribution is 6.00. The molecule has 0 saturated heterocycles. The van der Waals surface area contributed by atoms with Crippen LogP contribution >= 0.6 is 0 Å². The van der Waals surface area contributed by atoms with Crippen molar-refractivity contribution in [2.45, 2.75) is 195 Å². The van der Waals surface area contributed by atoms with Gasteiger partial charge in [0, 0.05) is 6.42 Å². The molecule has 1 rings (SSSR count). The monoisotopic (exact) mass is 645 g/mol. The molecule has 0 bridgehead atoms. The van der Waals surface area contributed by atoms with Crippen LogP contribution in [0.15, 0.2) is 30.3 Å². The first-order valence-electron chi connectivity index (χ1n) is 18.5. The number of ether oxygens (including phenoxy) is 3. The van der Waals surface area contributed by atoms with Crippen molar-refractivity contribution in [3.05, 3.63) is 35.9 Å². The lowest BCUT2D eigenvalue weighted by Crippen LogP contribution is -2.44. The van der Waals surface area contributed by atoms with Crippen molar-refractivity contribution >= 4 is 17.9 Å². The van der Waals surface area contributed by atoms with Crippen molar-refractivity contribution < 1.29 is 28.6 Å². The number of carbonyl (C=O) groups is 3. The Hall–Kier alpha value is -2.37. The van der Waals surface area contributed by atoms with Crippen LogP contribution in [0.1, 0.15) is 182 Å². The number of rotatable bonds is 25. The fourth-order valence-electron chi connectivity index (χ4n) is 5.74. The third-order valence-electron chi connectivity index (χ3n) is 8.25. The lowest BCUT2D eigenvalue weighted by Gasteiger charge is -2.33. The number of hydrogen-bond donors (Lipinski definition) is 0. The lowest BCUT2D eigenvalue weighted by molar-refractivity contribution is -0.182. The van der Waals surface area contributed by atoms with Gasteiger partial charge in [-0.3, -0.25) is 14.4 Å². The molecule has 0 N–H and O–H groups in total. The summed E-state index contributed by atoms with van der Waals surface area (Å²) in [4.78, 5) is 39.6. The van der Waals surface area contributed by atoms with Crippen molar-refractivity contribution in [1.82, 2.24) is 0 Å². The molecule has 0 heterocycles. The highest BCUT2D eigenvalue weighted by Gasteiger charge is 2.49. The van der Waals surface area contributed by atoms with E-state index in [1.54, 1.807) is 0 Å². The third kappa shape index (κ3) is 20.0. The van der Waals surface area contributed by atoms with E-state index in [0.29, 0.717) is 19.3 Å². The Kier molecular flexibility index (Phi) is 20.9. The van der Waals surface area contributed by atoms with E-state index in [-0.39, 0.29) is 12.6 Å². The van der Waals surface area contributed by atoms with E-state index in [4.69, 9.17) is 14.2 Å². The molecule has 6 nitrogen and oxygen atoms in total. The second-order valence-electron chi connectivity index (χ2n) is 15.1. The van der Waals surface area contributed by atoms with Crippen LogP contribution < -0.4 is 0 Å². The van der Waals surface area contributed by atoms with Gasteiger partial charge in [-0.2, -0.15) is 0 Å². The normalized spacial score (nSPS) is 13.2. The summed E-state index contributed by atoms with van der Waals surface area (Å²) >= 11 is 0. The fourth-order valence-corrected chi connectivity index (χ4v) is 5.74. The van der Waals surface area contributed by atoms with Crippen molar-refractivity contribution in [3.63, 3.8) is 0 Å². The number of benzene rings is 1. The van der Waals surface area contributed by atoms with Crippen LogP contribution in [-0.4, -0.2) is 29.1 Å². The molecule has 0 fully saturated rings. The summed E-state index contributed by atoms with van der Waals surface area (Å²) < 4.78 is 17.2. The van der Waals surface area contributed by atoms with Crippen LogP contribution in [-0.2, 0) is 35.2 Å². The minimum atomic E-state index is -1.29. The molecule has 1 aromatic carbocycles. The molecule has 0 radical (unpaired) electrons. The molecule has 0 spiro atoms. The molecule has 46 heavy (non-hydrogen) atoms. The van der Waals surface area contributed by atoms with Gasteiger partial charge in [0.15, 0.2) is 5.41 Å². The Morgan fingerprint density at radius 1 is 0.543 bits per heavy atom. The standard InChI is InChI=1S/C40H68O6/c1-8-9-10-11-12-14-17-20-26-31-40(37(43)46-39(5,6)7,36(42)44-33-34-28-23-22-24-29-34)32-27-21-18-15-13-16-19-25-30-35(41)45-38(2,3)4/h22-24,28-29H,8-21,25-27,30-33H2,1-7H3. The van der Waals surface area contributed by atoms with Gasteiger partial charge in [0.05, 0.1) is 0 Å². The number of unbranched alkanes of at least 4 members (excludes halogenated alkanes) is 15. The van der Waals surface area contributed by atoms with E-state index in [9.17, 15) is 14.4 Å². The first kappa shape index (κ1) is 41.7. The number of hydrogen-bond acceptors (Lipinski definition) is 6. The Morgan fingerprint density at radius 3 is 1.43 bits per heavy atom. The number of esters is 3. The maximum atomic E-state index is 13.9. The van der Waals surface area contributed by atoms with Gasteiger partial charge >= 0.3 is 17.9 Å². The second kappa shape index (κ2) is 23.0. The van der Waals surface area contributed by atoms with E-state index < -0.39 is 28.6 Å². The summed E-state index contributed by atoms with van der Waals surface area (Å²) in [5, 5.41) is 0. The molecular formula is C40H68O6. The first-order chi connectivity index (χ1) is 21.8. The summed E-state index contributed by atoms with van der Waals surface area (Å²) in [5.41, 5.74) is -1.50. The lowest BCUT2D eigenvalue weighted by atomic mass is 9.77. The Labute approximate surface area is 282 Å². The maximum Gasteiger partial charge on any atom is 0.324 e. The van der Waals surface area contributed by atoms with Crippen LogP contribution in [0.25, 0.3) is 0 Å². The van der Waals surface area contributed by atoms with Crippen LogP contribution in [0, 0.1) is 5.41 Å². The maximum absolute atomic E-state index is 13.9. The van der Waals surface area contributed by atoms with Gasteiger partial charge in [-0.15, -0.1) is 0 Å². The zero-order valence-electron chi connectivity index (χ0n) is 30.7. The third-order valence-corrected chi connectivity index (χ3v) is 8.25. The summed E-state index contributed by atoms with van der Waals surface area (Å²) in [5.74, 6) is -1.01. The molecule has 1 atom stereocenters. The average Bonchev–Trinajstić information content (AvgIpc) is 2.97. The predicted octanol–water partition coefficient (Wildman–Crippen LogP) is 11.2.